The first-order valence-corrected chi connectivity index (χ1v) is 6.68. The molecule has 0 spiro atoms. The second-order valence-electron chi connectivity index (χ2n) is 4.82. The van der Waals surface area contributed by atoms with Gasteiger partial charge in [-0.05, 0) is 49.5 Å². The fourth-order valence-corrected chi connectivity index (χ4v) is 2.40. The second kappa shape index (κ2) is 6.22. The van der Waals surface area contributed by atoms with E-state index in [-0.39, 0.29) is 0 Å². The highest BCUT2D eigenvalue weighted by Crippen LogP contribution is 2.18. The maximum absolute atomic E-state index is 9.11. The van der Waals surface area contributed by atoms with Crippen molar-refractivity contribution in [3.05, 3.63) is 29.6 Å². The van der Waals surface area contributed by atoms with Crippen LogP contribution in [-0.2, 0) is 6.54 Å². The van der Waals surface area contributed by atoms with Crippen molar-refractivity contribution < 1.29 is 5.11 Å². The largest absolute Gasteiger partial charge is 0.396 e. The van der Waals surface area contributed by atoms with Crippen molar-refractivity contribution in [3.63, 3.8) is 0 Å². The van der Waals surface area contributed by atoms with Crippen LogP contribution in [0.2, 0.25) is 0 Å². The number of piperidine rings is 1. The van der Waals surface area contributed by atoms with Crippen molar-refractivity contribution >= 4 is 17.2 Å². The van der Waals surface area contributed by atoms with Gasteiger partial charge in [-0.3, -0.25) is 9.88 Å². The number of aromatic nitrogens is 1. The monoisotopic (exact) mass is 265 g/mol. The van der Waals surface area contributed by atoms with Crippen LogP contribution in [0.1, 0.15) is 24.1 Å². The molecule has 0 radical (unpaired) electrons. The predicted octanol–water partition coefficient (Wildman–Crippen LogP) is 0.920. The van der Waals surface area contributed by atoms with E-state index in [9.17, 15) is 0 Å². The molecule has 0 unspecified atom stereocenters. The van der Waals surface area contributed by atoms with Gasteiger partial charge in [0.15, 0.2) is 0 Å². The minimum atomic E-state index is 0.314. The average Bonchev–Trinajstić information content (AvgIpc) is 2.40. The summed E-state index contributed by atoms with van der Waals surface area (Å²) in [5.41, 5.74) is 7.46. The molecule has 5 heteroatoms. The number of nitrogens with zero attached hydrogens (tertiary/aromatic N) is 2. The van der Waals surface area contributed by atoms with E-state index in [1.165, 1.54) is 5.56 Å². The summed E-state index contributed by atoms with van der Waals surface area (Å²) in [4.78, 5) is 6.88. The van der Waals surface area contributed by atoms with Gasteiger partial charge in [-0.15, -0.1) is 0 Å². The van der Waals surface area contributed by atoms with Gasteiger partial charge in [-0.2, -0.15) is 0 Å². The van der Waals surface area contributed by atoms with E-state index in [2.05, 4.69) is 9.88 Å². The lowest BCUT2D eigenvalue weighted by Gasteiger charge is -2.31. The highest BCUT2D eigenvalue weighted by Gasteiger charge is 2.18. The van der Waals surface area contributed by atoms with Crippen LogP contribution in [0.4, 0.5) is 0 Å². The summed E-state index contributed by atoms with van der Waals surface area (Å²) < 4.78 is 0. The van der Waals surface area contributed by atoms with Gasteiger partial charge in [0.05, 0.1) is 5.69 Å². The molecule has 1 aromatic heterocycles. The highest BCUT2D eigenvalue weighted by atomic mass is 32.1. The van der Waals surface area contributed by atoms with Crippen LogP contribution in [0.3, 0.4) is 0 Å². The number of nitrogens with two attached hydrogens (primary N) is 1. The average molecular weight is 265 g/mol. The van der Waals surface area contributed by atoms with Gasteiger partial charge >= 0.3 is 0 Å². The lowest BCUT2D eigenvalue weighted by atomic mass is 9.97. The zero-order valence-corrected chi connectivity index (χ0v) is 11.2. The fourth-order valence-electron chi connectivity index (χ4n) is 2.29. The van der Waals surface area contributed by atoms with Crippen molar-refractivity contribution in [2.24, 2.45) is 11.7 Å². The van der Waals surface area contributed by atoms with E-state index in [1.807, 2.05) is 12.1 Å². The SMILES string of the molecule is NC(=S)c1cc(CN2CCC(CO)CC2)ccn1. The third-order valence-corrected chi connectivity index (χ3v) is 3.66. The molecule has 2 rings (SSSR count). The van der Waals surface area contributed by atoms with Gasteiger partial charge in [0.25, 0.3) is 0 Å². The summed E-state index contributed by atoms with van der Waals surface area (Å²) in [5.74, 6) is 0.478. The topological polar surface area (TPSA) is 62.4 Å². The highest BCUT2D eigenvalue weighted by molar-refractivity contribution is 7.80. The molecule has 1 fully saturated rings. The summed E-state index contributed by atoms with van der Waals surface area (Å²) in [6, 6.07) is 3.96. The number of pyridine rings is 1. The van der Waals surface area contributed by atoms with E-state index in [1.54, 1.807) is 6.20 Å². The van der Waals surface area contributed by atoms with E-state index in [4.69, 9.17) is 23.1 Å². The molecule has 0 aliphatic carbocycles. The van der Waals surface area contributed by atoms with Crippen molar-refractivity contribution in [2.45, 2.75) is 19.4 Å². The normalized spacial score (nSPS) is 17.8. The third kappa shape index (κ3) is 3.48. The molecule has 98 valence electrons. The molecule has 18 heavy (non-hydrogen) atoms. The number of rotatable bonds is 4. The Balaban J connectivity index is 1.94. The maximum atomic E-state index is 9.11. The smallest absolute Gasteiger partial charge is 0.122 e. The van der Waals surface area contributed by atoms with Crippen molar-refractivity contribution in [2.75, 3.05) is 19.7 Å². The van der Waals surface area contributed by atoms with Crippen molar-refractivity contribution in [1.82, 2.24) is 9.88 Å². The van der Waals surface area contributed by atoms with Crippen LogP contribution in [0.15, 0.2) is 18.3 Å². The minimum Gasteiger partial charge on any atom is -0.396 e. The minimum absolute atomic E-state index is 0.314. The first-order chi connectivity index (χ1) is 8.69. The Hall–Kier alpha value is -1.04. The van der Waals surface area contributed by atoms with Crippen molar-refractivity contribution in [3.8, 4) is 0 Å². The molecule has 2 heterocycles. The number of thiocarbonyl (C=S) groups is 1. The van der Waals surface area contributed by atoms with E-state index in [0.717, 1.165) is 32.5 Å². The second-order valence-corrected chi connectivity index (χ2v) is 5.26. The molecule has 0 saturated carbocycles. The molecule has 0 atom stereocenters. The van der Waals surface area contributed by atoms with E-state index >= 15 is 0 Å². The quantitative estimate of drug-likeness (QED) is 0.793. The molecule has 1 saturated heterocycles. The summed E-state index contributed by atoms with van der Waals surface area (Å²) in [7, 11) is 0. The van der Waals surface area contributed by atoms with Crippen LogP contribution >= 0.6 is 12.2 Å². The first-order valence-electron chi connectivity index (χ1n) is 6.27. The van der Waals surface area contributed by atoms with Gasteiger partial charge < -0.3 is 10.8 Å². The Morgan fingerprint density at radius 1 is 1.50 bits per heavy atom. The number of aliphatic hydroxyl groups excluding tert-OH is 1. The zero-order valence-electron chi connectivity index (χ0n) is 10.4. The molecule has 0 amide bonds. The van der Waals surface area contributed by atoms with Crippen LogP contribution < -0.4 is 5.73 Å². The zero-order chi connectivity index (χ0) is 13.0. The molecule has 4 nitrogen and oxygen atoms in total. The summed E-state index contributed by atoms with van der Waals surface area (Å²) in [6.45, 7) is 3.29. The molecule has 3 N–H and O–H groups in total. The van der Waals surface area contributed by atoms with Gasteiger partial charge in [0.1, 0.15) is 4.99 Å². The first kappa shape index (κ1) is 13.4. The fraction of sp³-hybridized carbons (Fsp3) is 0.538. The standard InChI is InChI=1S/C13H19N3OS/c14-13(18)12-7-11(1-4-15-12)8-16-5-2-10(9-17)3-6-16/h1,4,7,10,17H,2-3,5-6,8-9H2,(H2,14,18). The van der Waals surface area contributed by atoms with Crippen molar-refractivity contribution in [1.29, 1.82) is 0 Å². The molecule has 1 aliphatic rings. The van der Waals surface area contributed by atoms with Crippen LogP contribution in [-0.4, -0.2) is 39.7 Å². The number of hydrogen-bond acceptors (Lipinski definition) is 4. The van der Waals surface area contributed by atoms with Gasteiger partial charge in [0.2, 0.25) is 0 Å². The molecule has 0 aromatic carbocycles. The molecule has 0 bridgehead atoms. The van der Waals surface area contributed by atoms with Gasteiger partial charge in [-0.1, -0.05) is 12.2 Å². The number of hydrogen-bond donors (Lipinski definition) is 2. The molecule has 1 aliphatic heterocycles. The third-order valence-electron chi connectivity index (χ3n) is 3.45. The predicted molar refractivity (Wildman–Crippen MR) is 75.2 cm³/mol. The van der Waals surface area contributed by atoms with E-state index < -0.39 is 0 Å². The van der Waals surface area contributed by atoms with Gasteiger partial charge in [-0.25, -0.2) is 0 Å². The van der Waals surface area contributed by atoms with Crippen LogP contribution in [0.5, 0.6) is 0 Å². The Bertz CT molecular complexity index is 416. The Kier molecular flexibility index (Phi) is 4.63. The molecular formula is C13H19N3OS. The van der Waals surface area contributed by atoms with Crippen LogP contribution in [0.25, 0.3) is 0 Å². The number of aliphatic hydroxyl groups is 1. The van der Waals surface area contributed by atoms with Gasteiger partial charge in [0, 0.05) is 19.3 Å². The summed E-state index contributed by atoms with van der Waals surface area (Å²) >= 11 is 4.93. The molecule has 1 aromatic rings. The Morgan fingerprint density at radius 2 is 2.22 bits per heavy atom. The maximum Gasteiger partial charge on any atom is 0.122 e. The Labute approximate surface area is 113 Å². The number of likely N-dealkylation sites (tertiary alicyclic amines) is 1. The van der Waals surface area contributed by atoms with Crippen LogP contribution in [0, 0.1) is 5.92 Å². The van der Waals surface area contributed by atoms with E-state index in [0.29, 0.717) is 23.2 Å². The summed E-state index contributed by atoms with van der Waals surface area (Å²) in [6.07, 6.45) is 3.90. The lowest BCUT2D eigenvalue weighted by Crippen LogP contribution is -2.34. The summed E-state index contributed by atoms with van der Waals surface area (Å²) in [5, 5.41) is 9.11. The molecular weight excluding hydrogens is 246 g/mol. The lowest BCUT2D eigenvalue weighted by molar-refractivity contribution is 0.127. The Morgan fingerprint density at radius 3 is 2.83 bits per heavy atom.